The largest absolute Gasteiger partial charge is 0.338 e. The maximum Gasteiger partial charge on any atom is 0.254 e. The van der Waals surface area contributed by atoms with Gasteiger partial charge in [-0.2, -0.15) is 0 Å². The van der Waals surface area contributed by atoms with Crippen molar-refractivity contribution in [2.75, 3.05) is 25.4 Å². The number of rotatable bonds is 7. The van der Waals surface area contributed by atoms with Crippen LogP contribution in [0, 0.1) is 6.92 Å². The van der Waals surface area contributed by atoms with E-state index in [4.69, 9.17) is 4.98 Å². The number of carbonyl (C=O) groups excluding carboxylic acids is 2. The first-order valence-corrected chi connectivity index (χ1v) is 16.5. The van der Waals surface area contributed by atoms with Crippen LogP contribution in [0.5, 0.6) is 0 Å². The molecule has 3 heterocycles. The number of nitrogens with zero attached hydrogens (tertiary/aromatic N) is 6. The van der Waals surface area contributed by atoms with Gasteiger partial charge in [-0.15, -0.1) is 10.2 Å². The van der Waals surface area contributed by atoms with E-state index in [1.165, 1.54) is 17.3 Å². The van der Waals surface area contributed by atoms with Crippen molar-refractivity contribution < 1.29 is 9.59 Å². The summed E-state index contributed by atoms with van der Waals surface area (Å²) in [5.41, 5.74) is 7.73. The monoisotopic (exact) mass is 626 g/mol. The van der Waals surface area contributed by atoms with E-state index >= 15 is 0 Å². The minimum Gasteiger partial charge on any atom is -0.338 e. The number of piperazine rings is 1. The molecule has 8 nitrogen and oxygen atoms in total. The van der Waals surface area contributed by atoms with Crippen LogP contribution >= 0.6 is 11.8 Å². The molecular weight excluding hydrogens is 593 g/mol. The van der Waals surface area contributed by atoms with Crippen molar-refractivity contribution in [1.29, 1.82) is 0 Å². The summed E-state index contributed by atoms with van der Waals surface area (Å²) in [6.07, 6.45) is 0. The third-order valence-corrected chi connectivity index (χ3v) is 9.41. The molecule has 1 aliphatic rings. The van der Waals surface area contributed by atoms with E-state index < -0.39 is 0 Å². The van der Waals surface area contributed by atoms with Crippen LogP contribution in [-0.2, 0) is 11.3 Å². The molecule has 1 fully saturated rings. The maximum absolute atomic E-state index is 13.4. The highest BCUT2D eigenvalue weighted by Crippen LogP contribution is 2.29. The minimum absolute atomic E-state index is 0.000291. The van der Waals surface area contributed by atoms with Gasteiger partial charge in [-0.1, -0.05) is 96.2 Å². The van der Waals surface area contributed by atoms with Gasteiger partial charge in [-0.25, -0.2) is 4.98 Å². The van der Waals surface area contributed by atoms with Gasteiger partial charge >= 0.3 is 0 Å². The molecule has 1 saturated heterocycles. The van der Waals surface area contributed by atoms with Gasteiger partial charge in [0.05, 0.1) is 11.3 Å². The Morgan fingerprint density at radius 3 is 2.30 bits per heavy atom. The zero-order valence-corrected chi connectivity index (χ0v) is 26.7. The smallest absolute Gasteiger partial charge is 0.254 e. The maximum atomic E-state index is 13.4. The summed E-state index contributed by atoms with van der Waals surface area (Å²) < 4.78 is 2.17. The molecule has 1 atom stereocenters. The molecule has 0 spiro atoms. The summed E-state index contributed by atoms with van der Waals surface area (Å²) in [5.74, 6) is 0.190. The zero-order valence-electron chi connectivity index (χ0n) is 25.8. The molecule has 2 aromatic heterocycles. The van der Waals surface area contributed by atoms with E-state index in [1.54, 1.807) is 0 Å². The van der Waals surface area contributed by atoms with Crippen molar-refractivity contribution >= 4 is 45.6 Å². The number of hydrogen-bond acceptors (Lipinski definition) is 6. The number of hydrogen-bond donors (Lipinski definition) is 0. The lowest BCUT2D eigenvalue weighted by atomic mass is 10.0. The summed E-state index contributed by atoms with van der Waals surface area (Å²) in [5, 5.41) is 10.5. The molecule has 4 aromatic carbocycles. The SMILES string of the molecule is Cc1ccc2c(c1)c1nnc(SCC(=O)N3CCN(C(=O)c4ccc(-c5ccccc5)cc4)C(C)C3)nc1n2Cc1ccccc1. The second-order valence-electron chi connectivity index (χ2n) is 11.8. The van der Waals surface area contributed by atoms with E-state index in [1.807, 2.05) is 77.4 Å². The van der Waals surface area contributed by atoms with Crippen molar-refractivity contribution in [1.82, 2.24) is 29.5 Å². The molecule has 230 valence electrons. The summed E-state index contributed by atoms with van der Waals surface area (Å²) >= 11 is 1.30. The van der Waals surface area contributed by atoms with Crippen LogP contribution in [0.1, 0.15) is 28.4 Å². The predicted molar refractivity (Wildman–Crippen MR) is 183 cm³/mol. The van der Waals surface area contributed by atoms with Crippen molar-refractivity contribution in [2.24, 2.45) is 0 Å². The van der Waals surface area contributed by atoms with Gasteiger partial charge < -0.3 is 14.4 Å². The Kier molecular flexibility index (Phi) is 8.24. The molecule has 7 rings (SSSR count). The summed E-state index contributed by atoms with van der Waals surface area (Å²) in [6.45, 7) is 6.17. The first-order chi connectivity index (χ1) is 22.4. The Bertz CT molecular complexity index is 2030. The molecule has 0 saturated carbocycles. The highest BCUT2D eigenvalue weighted by molar-refractivity contribution is 7.99. The van der Waals surface area contributed by atoms with Crippen LogP contribution in [0.2, 0.25) is 0 Å². The standard InChI is InChI=1S/C37H34N6O2S/c1-25-13-18-32-31(21-25)34-35(43(32)23-27-9-5-3-6-10-27)38-37(40-39-34)46-24-33(44)41-19-20-42(26(2)22-41)36(45)30-16-14-29(15-17-30)28-11-7-4-8-12-28/h3-18,21,26H,19-20,22-24H2,1-2H3. The third-order valence-electron chi connectivity index (χ3n) is 8.59. The molecule has 0 bridgehead atoms. The fourth-order valence-electron chi connectivity index (χ4n) is 6.15. The fraction of sp³-hybridized carbons (Fsp3) is 0.216. The number of fused-ring (bicyclic) bond motifs is 3. The normalized spacial score (nSPS) is 15.0. The van der Waals surface area contributed by atoms with Gasteiger partial charge in [0, 0.05) is 43.2 Å². The number of aromatic nitrogens is 4. The molecular formula is C37H34N6O2S. The van der Waals surface area contributed by atoms with Crippen molar-refractivity contribution in [3.63, 3.8) is 0 Å². The van der Waals surface area contributed by atoms with Gasteiger partial charge in [0.25, 0.3) is 5.91 Å². The van der Waals surface area contributed by atoms with Gasteiger partial charge in [0.15, 0.2) is 5.65 Å². The Morgan fingerprint density at radius 2 is 1.57 bits per heavy atom. The van der Waals surface area contributed by atoms with Crippen LogP contribution in [-0.4, -0.2) is 72.8 Å². The predicted octanol–water partition coefficient (Wildman–Crippen LogP) is 6.47. The van der Waals surface area contributed by atoms with Crippen LogP contribution < -0.4 is 0 Å². The van der Waals surface area contributed by atoms with E-state index in [2.05, 4.69) is 64.2 Å². The number of amides is 2. The molecule has 0 aliphatic carbocycles. The lowest BCUT2D eigenvalue weighted by Gasteiger charge is -2.40. The molecule has 0 N–H and O–H groups in total. The molecule has 1 unspecified atom stereocenters. The molecule has 9 heteroatoms. The zero-order chi connectivity index (χ0) is 31.6. The lowest BCUT2D eigenvalue weighted by molar-refractivity contribution is -0.130. The first-order valence-electron chi connectivity index (χ1n) is 15.5. The molecule has 6 aromatic rings. The van der Waals surface area contributed by atoms with E-state index in [0.29, 0.717) is 36.9 Å². The molecule has 0 radical (unpaired) electrons. The van der Waals surface area contributed by atoms with Crippen molar-refractivity contribution in [3.8, 4) is 11.1 Å². The summed E-state index contributed by atoms with van der Waals surface area (Å²) in [7, 11) is 0. The number of thioether (sulfide) groups is 1. The third kappa shape index (κ3) is 5.98. The van der Waals surface area contributed by atoms with E-state index in [-0.39, 0.29) is 23.6 Å². The van der Waals surface area contributed by atoms with Crippen LogP contribution in [0.25, 0.3) is 33.2 Å². The summed E-state index contributed by atoms with van der Waals surface area (Å²) in [6, 6.07) is 34.4. The highest BCUT2D eigenvalue weighted by atomic mass is 32.2. The Hall–Kier alpha value is -5.02. The van der Waals surface area contributed by atoms with E-state index in [9.17, 15) is 9.59 Å². The second kappa shape index (κ2) is 12.8. The number of aryl methyl sites for hydroxylation is 1. The van der Waals surface area contributed by atoms with Gasteiger partial charge in [0.2, 0.25) is 11.1 Å². The van der Waals surface area contributed by atoms with Crippen molar-refractivity contribution in [2.45, 2.75) is 31.6 Å². The molecule has 46 heavy (non-hydrogen) atoms. The molecule has 2 amide bonds. The topological polar surface area (TPSA) is 84.2 Å². The average molecular weight is 627 g/mol. The first kappa shape index (κ1) is 29.7. The highest BCUT2D eigenvalue weighted by Gasteiger charge is 2.30. The fourth-order valence-corrected chi connectivity index (χ4v) is 6.83. The Balaban J connectivity index is 1.01. The van der Waals surface area contributed by atoms with Crippen LogP contribution in [0.3, 0.4) is 0 Å². The van der Waals surface area contributed by atoms with Gasteiger partial charge in [-0.3, -0.25) is 9.59 Å². The van der Waals surface area contributed by atoms with Crippen molar-refractivity contribution in [3.05, 3.63) is 120 Å². The Labute approximate surface area is 272 Å². The quantitative estimate of drug-likeness (QED) is 0.189. The van der Waals surface area contributed by atoms with Gasteiger partial charge in [-0.05, 0) is 54.8 Å². The lowest BCUT2D eigenvalue weighted by Crippen LogP contribution is -2.55. The minimum atomic E-state index is -0.101. The summed E-state index contributed by atoms with van der Waals surface area (Å²) in [4.78, 5) is 35.3. The Morgan fingerprint density at radius 1 is 0.848 bits per heavy atom. The van der Waals surface area contributed by atoms with Gasteiger partial charge in [0.1, 0.15) is 5.52 Å². The second-order valence-corrected chi connectivity index (χ2v) is 12.7. The number of carbonyl (C=O) groups is 2. The van der Waals surface area contributed by atoms with E-state index in [0.717, 1.165) is 38.8 Å². The average Bonchev–Trinajstić information content (AvgIpc) is 3.39. The van der Waals surface area contributed by atoms with Crippen LogP contribution in [0.15, 0.2) is 108 Å². The van der Waals surface area contributed by atoms with Crippen LogP contribution in [0.4, 0.5) is 0 Å². The molecule has 1 aliphatic heterocycles. The number of benzene rings is 4.